The van der Waals surface area contributed by atoms with Crippen molar-refractivity contribution in [3.05, 3.63) is 71.2 Å². The fourth-order valence-corrected chi connectivity index (χ4v) is 3.26. The van der Waals surface area contributed by atoms with Crippen molar-refractivity contribution in [3.8, 4) is 5.75 Å². The number of aromatic nitrogens is 2. The van der Waals surface area contributed by atoms with Crippen LogP contribution in [0.3, 0.4) is 0 Å². The Morgan fingerprint density at radius 1 is 1.10 bits per heavy atom. The van der Waals surface area contributed by atoms with E-state index in [2.05, 4.69) is 20.6 Å². The van der Waals surface area contributed by atoms with Gasteiger partial charge in [-0.2, -0.15) is 4.98 Å². The Labute approximate surface area is 180 Å². The molecule has 2 aromatic carbocycles. The van der Waals surface area contributed by atoms with Crippen LogP contribution in [0.1, 0.15) is 23.7 Å². The second kappa shape index (κ2) is 8.59. The van der Waals surface area contributed by atoms with Crippen LogP contribution in [0.5, 0.6) is 5.75 Å². The lowest BCUT2D eigenvalue weighted by Crippen LogP contribution is -2.44. The van der Waals surface area contributed by atoms with Crippen molar-refractivity contribution >= 4 is 23.4 Å². The van der Waals surface area contributed by atoms with E-state index in [9.17, 15) is 9.18 Å². The summed E-state index contributed by atoms with van der Waals surface area (Å²) in [7, 11) is 1.85. The third-order valence-electron chi connectivity index (χ3n) is 5.31. The minimum absolute atomic E-state index is 0.0656. The number of ether oxygens (including phenoxy) is 1. The van der Waals surface area contributed by atoms with Crippen molar-refractivity contribution in [2.24, 2.45) is 0 Å². The number of halogens is 1. The molecule has 0 radical (unpaired) electrons. The Morgan fingerprint density at radius 3 is 2.48 bits per heavy atom. The first-order valence-corrected chi connectivity index (χ1v) is 10.0. The molecule has 0 saturated heterocycles. The highest BCUT2D eigenvalue weighted by atomic mass is 19.1. The van der Waals surface area contributed by atoms with E-state index in [1.54, 1.807) is 12.1 Å². The molecule has 3 aromatic rings. The SMILES string of the molecule is Cc1nc(NCc2ccc(OCc3ccc(F)cc3)cc2)nc2c1NC(=O)[C@@H](C)N2C. The lowest BCUT2D eigenvalue weighted by molar-refractivity contribution is -0.117. The summed E-state index contributed by atoms with van der Waals surface area (Å²) < 4.78 is 18.7. The van der Waals surface area contributed by atoms with Crippen LogP contribution in [0.15, 0.2) is 48.5 Å². The number of carbonyl (C=O) groups is 1. The number of aryl methyl sites for hydroxylation is 1. The molecule has 31 heavy (non-hydrogen) atoms. The topological polar surface area (TPSA) is 79.4 Å². The number of hydrogen-bond acceptors (Lipinski definition) is 6. The summed E-state index contributed by atoms with van der Waals surface area (Å²) in [6.45, 7) is 4.61. The Kier molecular flexibility index (Phi) is 5.70. The molecule has 2 heterocycles. The average Bonchev–Trinajstić information content (AvgIpc) is 2.77. The molecular formula is C23H24FN5O2. The number of carbonyl (C=O) groups excluding carboxylic acids is 1. The van der Waals surface area contributed by atoms with Crippen LogP contribution in [0.2, 0.25) is 0 Å². The highest BCUT2D eigenvalue weighted by Gasteiger charge is 2.30. The summed E-state index contributed by atoms with van der Waals surface area (Å²) in [4.78, 5) is 22.9. The molecular weight excluding hydrogens is 397 g/mol. The van der Waals surface area contributed by atoms with E-state index in [1.165, 1.54) is 12.1 Å². The summed E-state index contributed by atoms with van der Waals surface area (Å²) in [5.41, 5.74) is 3.31. The largest absolute Gasteiger partial charge is 0.489 e. The lowest BCUT2D eigenvalue weighted by Gasteiger charge is -2.32. The summed E-state index contributed by atoms with van der Waals surface area (Å²) in [6, 6.07) is 13.7. The maximum Gasteiger partial charge on any atom is 0.246 e. The maximum absolute atomic E-state index is 13.0. The van der Waals surface area contributed by atoms with Gasteiger partial charge in [-0.3, -0.25) is 4.79 Å². The second-order valence-corrected chi connectivity index (χ2v) is 7.52. The number of nitrogens with one attached hydrogen (secondary N) is 2. The molecule has 0 bridgehead atoms. The third-order valence-corrected chi connectivity index (χ3v) is 5.31. The van der Waals surface area contributed by atoms with E-state index >= 15 is 0 Å². The molecule has 0 saturated carbocycles. The number of anilines is 3. The Hall–Kier alpha value is -3.68. The van der Waals surface area contributed by atoms with E-state index in [0.29, 0.717) is 36.3 Å². The van der Waals surface area contributed by atoms with Crippen LogP contribution in [0.25, 0.3) is 0 Å². The van der Waals surface area contributed by atoms with Crippen LogP contribution in [-0.2, 0) is 17.9 Å². The Bertz CT molecular complexity index is 1090. The molecule has 0 fully saturated rings. The van der Waals surface area contributed by atoms with Gasteiger partial charge in [0.15, 0.2) is 5.82 Å². The summed E-state index contributed by atoms with van der Waals surface area (Å²) in [5, 5.41) is 6.12. The van der Waals surface area contributed by atoms with Gasteiger partial charge in [0.25, 0.3) is 0 Å². The van der Waals surface area contributed by atoms with E-state index in [0.717, 1.165) is 16.9 Å². The molecule has 7 nitrogen and oxygen atoms in total. The zero-order chi connectivity index (χ0) is 22.0. The molecule has 160 valence electrons. The van der Waals surface area contributed by atoms with Crippen LogP contribution in [-0.4, -0.2) is 29.0 Å². The third kappa shape index (κ3) is 4.58. The normalized spacial score (nSPS) is 15.3. The number of rotatable bonds is 6. The fourth-order valence-electron chi connectivity index (χ4n) is 3.26. The van der Waals surface area contributed by atoms with Crippen molar-refractivity contribution < 1.29 is 13.9 Å². The highest BCUT2D eigenvalue weighted by molar-refractivity contribution is 6.03. The van der Waals surface area contributed by atoms with Gasteiger partial charge in [-0.15, -0.1) is 0 Å². The van der Waals surface area contributed by atoms with Gasteiger partial charge in [-0.25, -0.2) is 9.37 Å². The smallest absolute Gasteiger partial charge is 0.246 e. The van der Waals surface area contributed by atoms with Crippen LogP contribution < -0.4 is 20.3 Å². The van der Waals surface area contributed by atoms with E-state index in [1.807, 2.05) is 50.1 Å². The number of amides is 1. The van der Waals surface area contributed by atoms with Gasteiger partial charge >= 0.3 is 0 Å². The molecule has 1 aliphatic rings. The highest BCUT2D eigenvalue weighted by Crippen LogP contribution is 2.32. The predicted molar refractivity (Wildman–Crippen MR) is 118 cm³/mol. The Morgan fingerprint density at radius 2 is 1.77 bits per heavy atom. The molecule has 0 unspecified atom stereocenters. The summed E-state index contributed by atoms with van der Waals surface area (Å²) in [5.74, 6) is 1.61. The minimum atomic E-state index is -0.294. The van der Waals surface area contributed by atoms with Crippen LogP contribution in [0.4, 0.5) is 21.8 Å². The standard InChI is InChI=1S/C23H24FN5O2/c1-14-20-21(29(3)15(2)22(30)27-20)28-23(26-14)25-12-16-6-10-19(11-7-16)31-13-17-4-8-18(24)9-5-17/h4-11,15H,12-13H2,1-3H3,(H,27,30)(H,25,26,28)/t15-/m1/s1. The first-order valence-electron chi connectivity index (χ1n) is 10.0. The van der Waals surface area contributed by atoms with Gasteiger partial charge in [0, 0.05) is 13.6 Å². The van der Waals surface area contributed by atoms with Crippen molar-refractivity contribution in [2.75, 3.05) is 22.6 Å². The summed E-state index contributed by atoms with van der Waals surface area (Å²) >= 11 is 0. The maximum atomic E-state index is 13.0. The van der Waals surface area contributed by atoms with Crippen molar-refractivity contribution in [1.82, 2.24) is 9.97 Å². The van der Waals surface area contributed by atoms with E-state index < -0.39 is 0 Å². The fraction of sp³-hybridized carbons (Fsp3) is 0.261. The average molecular weight is 421 g/mol. The van der Waals surface area contributed by atoms with Gasteiger partial charge < -0.3 is 20.3 Å². The van der Waals surface area contributed by atoms with Crippen molar-refractivity contribution in [1.29, 1.82) is 0 Å². The van der Waals surface area contributed by atoms with Crippen molar-refractivity contribution in [3.63, 3.8) is 0 Å². The molecule has 4 rings (SSSR count). The molecule has 1 amide bonds. The van der Waals surface area contributed by atoms with Crippen LogP contribution >= 0.6 is 0 Å². The quantitative estimate of drug-likeness (QED) is 0.629. The molecule has 2 N–H and O–H groups in total. The van der Waals surface area contributed by atoms with Gasteiger partial charge in [0.1, 0.15) is 29.9 Å². The second-order valence-electron chi connectivity index (χ2n) is 7.52. The van der Waals surface area contributed by atoms with E-state index in [-0.39, 0.29) is 17.8 Å². The monoisotopic (exact) mass is 421 g/mol. The van der Waals surface area contributed by atoms with Gasteiger partial charge in [0.2, 0.25) is 11.9 Å². The zero-order valence-corrected chi connectivity index (χ0v) is 17.6. The number of fused-ring (bicyclic) bond motifs is 1. The van der Waals surface area contributed by atoms with Gasteiger partial charge in [-0.1, -0.05) is 24.3 Å². The molecule has 1 aromatic heterocycles. The summed E-state index contributed by atoms with van der Waals surface area (Å²) in [6.07, 6.45) is 0. The molecule has 0 aliphatic carbocycles. The molecule has 1 aliphatic heterocycles. The number of benzene rings is 2. The first-order chi connectivity index (χ1) is 14.9. The number of nitrogens with zero attached hydrogens (tertiary/aromatic N) is 3. The molecule has 1 atom stereocenters. The lowest BCUT2D eigenvalue weighted by atomic mass is 10.2. The molecule has 0 spiro atoms. The zero-order valence-electron chi connectivity index (χ0n) is 17.6. The van der Waals surface area contributed by atoms with Crippen molar-refractivity contribution in [2.45, 2.75) is 33.0 Å². The van der Waals surface area contributed by atoms with Crippen LogP contribution in [0, 0.1) is 12.7 Å². The predicted octanol–water partition coefficient (Wildman–Crippen LogP) is 3.89. The van der Waals surface area contributed by atoms with E-state index in [4.69, 9.17) is 4.74 Å². The van der Waals surface area contributed by atoms with Gasteiger partial charge in [-0.05, 0) is 49.2 Å². The molecule has 8 heteroatoms. The number of hydrogen-bond donors (Lipinski definition) is 2. The Balaban J connectivity index is 1.38. The number of likely N-dealkylation sites (N-methyl/N-ethyl adjacent to an activating group) is 1. The first kappa shape index (κ1) is 20.6. The minimum Gasteiger partial charge on any atom is -0.489 e. The van der Waals surface area contributed by atoms with Gasteiger partial charge in [0.05, 0.1) is 5.69 Å².